The van der Waals surface area contributed by atoms with Gasteiger partial charge in [0.05, 0.1) is 70.6 Å². The lowest BCUT2D eigenvalue weighted by Crippen LogP contribution is -1.95. The first-order valence-corrected chi connectivity index (χ1v) is 9.89. The monoisotopic (exact) mass is 409 g/mol. The van der Waals surface area contributed by atoms with Crippen molar-refractivity contribution < 1.29 is 0 Å². The molecule has 0 aliphatic heterocycles. The number of pyridine rings is 2. The summed E-state index contributed by atoms with van der Waals surface area (Å²) < 4.78 is 4.01. The molecule has 0 amide bonds. The number of nitrogens with zero attached hydrogens (tertiary/aromatic N) is 7. The zero-order valence-electron chi connectivity index (χ0n) is 17.2. The van der Waals surface area contributed by atoms with Gasteiger partial charge in [-0.15, -0.1) is 0 Å². The summed E-state index contributed by atoms with van der Waals surface area (Å²) in [6.45, 7) is 3.95. The smallest absolute Gasteiger partial charge is 0.116 e. The normalized spacial score (nSPS) is 11.7. The van der Waals surface area contributed by atoms with E-state index in [1.54, 1.807) is 6.33 Å². The molecule has 9 heteroatoms. The molecule has 0 aliphatic carbocycles. The Morgan fingerprint density at radius 1 is 0.903 bits per heavy atom. The van der Waals surface area contributed by atoms with Crippen LogP contribution in [0.5, 0.6) is 0 Å². The third kappa shape index (κ3) is 2.67. The minimum atomic E-state index is 0.835. The highest BCUT2D eigenvalue weighted by atomic mass is 15.1. The number of rotatable bonds is 3. The number of hydrogen-bond donors (Lipinski definition) is 2. The maximum absolute atomic E-state index is 4.59. The van der Waals surface area contributed by atoms with Gasteiger partial charge in [0.1, 0.15) is 11.5 Å². The van der Waals surface area contributed by atoms with Crippen LogP contribution in [0.2, 0.25) is 0 Å². The molecule has 0 atom stereocenters. The van der Waals surface area contributed by atoms with Gasteiger partial charge in [0.15, 0.2) is 0 Å². The first-order valence-electron chi connectivity index (χ1n) is 9.89. The summed E-state index contributed by atoms with van der Waals surface area (Å²) in [7, 11) is 1.99. The molecule has 0 aliphatic rings. The van der Waals surface area contributed by atoms with Gasteiger partial charge in [0.2, 0.25) is 0 Å². The number of nitrogens with one attached hydrogen (secondary N) is 2. The Kier molecular flexibility index (Phi) is 3.61. The number of imidazole rings is 2. The predicted molar refractivity (Wildman–Crippen MR) is 118 cm³/mol. The van der Waals surface area contributed by atoms with Gasteiger partial charge >= 0.3 is 0 Å². The number of aryl methyl sites for hydroxylation is 2. The Labute approximate surface area is 176 Å². The first kappa shape index (κ1) is 17.6. The van der Waals surface area contributed by atoms with Gasteiger partial charge in [-0.1, -0.05) is 0 Å². The van der Waals surface area contributed by atoms with Crippen molar-refractivity contribution in [3.05, 3.63) is 61.0 Å². The van der Waals surface area contributed by atoms with E-state index in [9.17, 15) is 0 Å². The standard InChI is InChI=1S/C22H19N9/c1-12-10-31(11-26-12)20-8-23-6-18-14(20)4-17(27-18)22-15-5-16(25-7-19(15)28-29-22)21-9-24-13(2)30(21)3/h4-11,27H,1-3H3,(H,28,29). The molecule has 6 rings (SSSR count). The molecule has 0 saturated carbocycles. The van der Waals surface area contributed by atoms with E-state index in [-0.39, 0.29) is 0 Å². The minimum absolute atomic E-state index is 0.835. The van der Waals surface area contributed by atoms with Crippen LogP contribution in [0.15, 0.2) is 49.4 Å². The summed E-state index contributed by atoms with van der Waals surface area (Å²) in [5, 5.41) is 9.71. The fourth-order valence-electron chi connectivity index (χ4n) is 3.92. The van der Waals surface area contributed by atoms with Gasteiger partial charge < -0.3 is 14.1 Å². The summed E-state index contributed by atoms with van der Waals surface area (Å²) in [6, 6.07) is 4.15. The Bertz CT molecular complexity index is 1580. The van der Waals surface area contributed by atoms with Crippen molar-refractivity contribution in [2.75, 3.05) is 0 Å². The first-order chi connectivity index (χ1) is 15.1. The minimum Gasteiger partial charge on any atom is -0.352 e. The van der Waals surface area contributed by atoms with Crippen molar-refractivity contribution in [2.24, 2.45) is 7.05 Å². The molecule has 0 unspecified atom stereocenters. The molecule has 0 spiro atoms. The lowest BCUT2D eigenvalue weighted by atomic mass is 10.1. The fourth-order valence-corrected chi connectivity index (χ4v) is 3.92. The Hall–Kier alpha value is -4.27. The second-order valence-electron chi connectivity index (χ2n) is 7.66. The molecule has 0 aromatic carbocycles. The highest BCUT2D eigenvalue weighted by molar-refractivity contribution is 5.98. The Balaban J connectivity index is 1.52. The number of aromatic amines is 2. The average Bonchev–Trinajstić information content (AvgIpc) is 3.54. The highest BCUT2D eigenvalue weighted by Crippen LogP contribution is 2.32. The molecular weight excluding hydrogens is 390 g/mol. The lowest BCUT2D eigenvalue weighted by Gasteiger charge is -2.03. The van der Waals surface area contributed by atoms with Gasteiger partial charge in [0.25, 0.3) is 0 Å². The van der Waals surface area contributed by atoms with E-state index in [1.165, 1.54) is 0 Å². The summed E-state index contributed by atoms with van der Waals surface area (Å²) in [5.41, 5.74) is 7.29. The van der Waals surface area contributed by atoms with E-state index >= 15 is 0 Å². The molecule has 9 nitrogen and oxygen atoms in total. The highest BCUT2D eigenvalue weighted by Gasteiger charge is 2.16. The number of aromatic nitrogens is 9. The van der Waals surface area contributed by atoms with Gasteiger partial charge in [-0.05, 0) is 26.0 Å². The molecule has 6 aromatic rings. The quantitative estimate of drug-likeness (QED) is 0.464. The van der Waals surface area contributed by atoms with Crippen molar-refractivity contribution in [1.29, 1.82) is 0 Å². The van der Waals surface area contributed by atoms with E-state index in [1.807, 2.05) is 61.0 Å². The molecule has 2 N–H and O–H groups in total. The molecular formula is C22H19N9. The SMILES string of the molecule is Cc1cn(-c2cncc3[nH]c(-c4n[nH]c5cnc(-c6cnc(C)n6C)cc45)cc23)cn1. The largest absolute Gasteiger partial charge is 0.352 e. The van der Waals surface area contributed by atoms with E-state index in [4.69, 9.17) is 0 Å². The van der Waals surface area contributed by atoms with E-state index < -0.39 is 0 Å². The van der Waals surface area contributed by atoms with Gasteiger partial charge in [0, 0.05) is 24.0 Å². The molecule has 6 aromatic heterocycles. The second-order valence-corrected chi connectivity index (χ2v) is 7.66. The third-order valence-electron chi connectivity index (χ3n) is 5.70. The second kappa shape index (κ2) is 6.36. The maximum atomic E-state index is 4.59. The molecule has 152 valence electrons. The van der Waals surface area contributed by atoms with Crippen molar-refractivity contribution in [3.63, 3.8) is 0 Å². The van der Waals surface area contributed by atoms with Gasteiger partial charge in [-0.25, -0.2) is 9.97 Å². The summed E-state index contributed by atoms with van der Waals surface area (Å²) in [4.78, 5) is 21.2. The number of fused-ring (bicyclic) bond motifs is 2. The molecule has 0 bridgehead atoms. The van der Waals surface area contributed by atoms with Crippen LogP contribution in [0.25, 0.3) is 50.3 Å². The van der Waals surface area contributed by atoms with Crippen molar-refractivity contribution in [2.45, 2.75) is 13.8 Å². The van der Waals surface area contributed by atoms with Crippen molar-refractivity contribution in [3.8, 4) is 28.5 Å². The molecule has 6 heterocycles. The fraction of sp³-hybridized carbons (Fsp3) is 0.136. The van der Waals surface area contributed by atoms with Crippen LogP contribution in [0.4, 0.5) is 0 Å². The molecule has 0 saturated heterocycles. The van der Waals surface area contributed by atoms with E-state index in [2.05, 4.69) is 47.2 Å². The summed E-state index contributed by atoms with van der Waals surface area (Å²) in [6.07, 6.45) is 11.1. The topological polar surface area (TPSA) is 106 Å². The van der Waals surface area contributed by atoms with Crippen LogP contribution >= 0.6 is 0 Å². The van der Waals surface area contributed by atoms with Gasteiger partial charge in [-0.3, -0.25) is 15.1 Å². The van der Waals surface area contributed by atoms with E-state index in [0.717, 1.165) is 61.8 Å². The van der Waals surface area contributed by atoms with Crippen LogP contribution in [-0.4, -0.2) is 44.3 Å². The van der Waals surface area contributed by atoms with Gasteiger partial charge in [-0.2, -0.15) is 5.10 Å². The number of H-pyrrole nitrogens is 2. The summed E-state index contributed by atoms with van der Waals surface area (Å²) >= 11 is 0. The average molecular weight is 409 g/mol. The summed E-state index contributed by atoms with van der Waals surface area (Å²) in [5.74, 6) is 0.940. The Morgan fingerprint density at radius 3 is 2.58 bits per heavy atom. The molecule has 31 heavy (non-hydrogen) atoms. The maximum Gasteiger partial charge on any atom is 0.116 e. The van der Waals surface area contributed by atoms with Crippen molar-refractivity contribution in [1.82, 2.24) is 44.3 Å². The van der Waals surface area contributed by atoms with Crippen LogP contribution in [0, 0.1) is 13.8 Å². The van der Waals surface area contributed by atoms with Crippen LogP contribution < -0.4 is 0 Å². The lowest BCUT2D eigenvalue weighted by molar-refractivity contribution is 0.862. The van der Waals surface area contributed by atoms with Crippen LogP contribution in [0.1, 0.15) is 11.5 Å². The zero-order chi connectivity index (χ0) is 21.1. The third-order valence-corrected chi connectivity index (χ3v) is 5.70. The molecule has 0 radical (unpaired) electrons. The number of hydrogen-bond acceptors (Lipinski definition) is 5. The van der Waals surface area contributed by atoms with Crippen molar-refractivity contribution >= 4 is 21.8 Å². The van der Waals surface area contributed by atoms with E-state index in [0.29, 0.717) is 0 Å². The zero-order valence-corrected chi connectivity index (χ0v) is 17.2. The van der Waals surface area contributed by atoms with Crippen LogP contribution in [0.3, 0.4) is 0 Å². The Morgan fingerprint density at radius 2 is 1.81 bits per heavy atom. The van der Waals surface area contributed by atoms with Crippen LogP contribution in [-0.2, 0) is 7.05 Å². The molecule has 0 fully saturated rings. The predicted octanol–water partition coefficient (Wildman–Crippen LogP) is 3.70.